The summed E-state index contributed by atoms with van der Waals surface area (Å²) in [4.78, 5) is 2.45. The molecule has 2 fully saturated rings. The van der Waals surface area contributed by atoms with E-state index in [0.29, 0.717) is 6.04 Å². The molecule has 0 aromatic heterocycles. The van der Waals surface area contributed by atoms with Crippen LogP contribution in [0.3, 0.4) is 0 Å². The predicted molar refractivity (Wildman–Crippen MR) is 59.6 cm³/mol. The van der Waals surface area contributed by atoms with Crippen molar-refractivity contribution in [1.29, 1.82) is 0 Å². The molecule has 0 aliphatic carbocycles. The number of nitrogens with one attached hydrogen (secondary N) is 1. The Balaban J connectivity index is 0.000000461. The van der Waals surface area contributed by atoms with Gasteiger partial charge in [0, 0.05) is 32.2 Å². The molecule has 0 radical (unpaired) electrons. The van der Waals surface area contributed by atoms with Crippen LogP contribution in [0.15, 0.2) is 0 Å². The van der Waals surface area contributed by atoms with Gasteiger partial charge in [0.15, 0.2) is 0 Å². The van der Waals surface area contributed by atoms with Gasteiger partial charge in [-0.15, -0.1) is 0 Å². The Bertz CT molecular complexity index is 157. The maximum Gasteiger partial charge on any atom is 0.106 e. The van der Waals surface area contributed by atoms with Crippen molar-refractivity contribution in [3.05, 3.63) is 0 Å². The van der Waals surface area contributed by atoms with Crippen LogP contribution in [0.4, 0.5) is 0 Å². The van der Waals surface area contributed by atoms with E-state index in [0.717, 1.165) is 32.8 Å². The van der Waals surface area contributed by atoms with Gasteiger partial charge in [-0.25, -0.2) is 0 Å². The molecule has 0 unspecified atom stereocenters. The minimum absolute atomic E-state index is 0.169. The van der Waals surface area contributed by atoms with E-state index in [1.165, 1.54) is 0 Å². The minimum Gasteiger partial charge on any atom is -0.370 e. The van der Waals surface area contributed by atoms with E-state index in [2.05, 4.69) is 24.1 Å². The summed E-state index contributed by atoms with van der Waals surface area (Å²) in [6.07, 6.45) is 0. The third kappa shape index (κ3) is 2.47. The first kappa shape index (κ1) is 12.0. The Morgan fingerprint density at radius 1 is 1.29 bits per heavy atom. The number of rotatable bonds is 1. The quantitative estimate of drug-likeness (QED) is 0.686. The molecule has 0 saturated carbocycles. The van der Waals surface area contributed by atoms with Gasteiger partial charge in [0.1, 0.15) is 5.60 Å². The average molecular weight is 200 g/mol. The molecular formula is C11H24N2O. The zero-order valence-corrected chi connectivity index (χ0v) is 9.97. The summed E-state index contributed by atoms with van der Waals surface area (Å²) in [6.45, 7) is 13.6. The molecule has 2 saturated heterocycles. The average Bonchev–Trinajstić information content (AvgIpc) is 2.18. The molecule has 2 aliphatic rings. The van der Waals surface area contributed by atoms with E-state index in [1.807, 2.05) is 13.8 Å². The van der Waals surface area contributed by atoms with Crippen molar-refractivity contribution in [1.82, 2.24) is 10.2 Å². The van der Waals surface area contributed by atoms with E-state index in [1.54, 1.807) is 0 Å². The Kier molecular flexibility index (Phi) is 4.35. The summed E-state index contributed by atoms with van der Waals surface area (Å²) < 4.78 is 5.78. The van der Waals surface area contributed by atoms with Gasteiger partial charge < -0.3 is 10.1 Å². The molecular weight excluding hydrogens is 176 g/mol. The summed E-state index contributed by atoms with van der Waals surface area (Å²) in [6, 6.07) is 0.668. The van der Waals surface area contributed by atoms with Crippen LogP contribution in [-0.4, -0.2) is 49.3 Å². The molecule has 2 aliphatic heterocycles. The van der Waals surface area contributed by atoms with Crippen LogP contribution in [0.1, 0.15) is 27.7 Å². The molecule has 0 aromatic rings. The highest BCUT2D eigenvalue weighted by Gasteiger charge is 2.45. The van der Waals surface area contributed by atoms with Gasteiger partial charge in [0.05, 0.1) is 6.61 Å². The molecule has 0 bridgehead atoms. The van der Waals surface area contributed by atoms with Crippen molar-refractivity contribution in [3.63, 3.8) is 0 Å². The third-order valence-corrected chi connectivity index (χ3v) is 2.85. The van der Waals surface area contributed by atoms with Crippen molar-refractivity contribution >= 4 is 0 Å². The normalized spacial score (nSPS) is 25.5. The fraction of sp³-hybridized carbons (Fsp3) is 1.00. The maximum absolute atomic E-state index is 5.78. The lowest BCUT2D eigenvalue weighted by Crippen LogP contribution is -2.70. The molecule has 1 N–H and O–H groups in total. The maximum atomic E-state index is 5.78. The Hall–Kier alpha value is -0.120. The van der Waals surface area contributed by atoms with Crippen LogP contribution in [0.5, 0.6) is 0 Å². The minimum atomic E-state index is 0.169. The second-order valence-corrected chi connectivity index (χ2v) is 4.21. The monoisotopic (exact) mass is 200 g/mol. The Morgan fingerprint density at radius 2 is 1.93 bits per heavy atom. The lowest BCUT2D eigenvalue weighted by Gasteiger charge is -2.53. The lowest BCUT2D eigenvalue weighted by atomic mass is 9.91. The third-order valence-electron chi connectivity index (χ3n) is 2.85. The highest BCUT2D eigenvalue weighted by atomic mass is 16.5. The number of ether oxygens (including phenoxy) is 1. The number of hydrogen-bond donors (Lipinski definition) is 1. The van der Waals surface area contributed by atoms with Crippen molar-refractivity contribution in [3.8, 4) is 0 Å². The van der Waals surface area contributed by atoms with E-state index < -0.39 is 0 Å². The van der Waals surface area contributed by atoms with E-state index in [-0.39, 0.29) is 5.60 Å². The lowest BCUT2D eigenvalue weighted by molar-refractivity contribution is -0.164. The van der Waals surface area contributed by atoms with Gasteiger partial charge in [-0.2, -0.15) is 0 Å². The number of hydrogen-bond acceptors (Lipinski definition) is 3. The first-order valence-electron chi connectivity index (χ1n) is 5.81. The highest BCUT2D eigenvalue weighted by Crippen LogP contribution is 2.27. The van der Waals surface area contributed by atoms with Crippen molar-refractivity contribution in [2.24, 2.45) is 0 Å². The molecule has 0 amide bonds. The first-order chi connectivity index (χ1) is 6.72. The summed E-state index contributed by atoms with van der Waals surface area (Å²) >= 11 is 0. The number of likely N-dealkylation sites (tertiary alicyclic amines) is 1. The second kappa shape index (κ2) is 5.10. The van der Waals surface area contributed by atoms with Crippen LogP contribution in [0, 0.1) is 0 Å². The van der Waals surface area contributed by atoms with Crippen molar-refractivity contribution in [2.45, 2.75) is 39.3 Å². The second-order valence-electron chi connectivity index (χ2n) is 4.21. The topological polar surface area (TPSA) is 24.5 Å². The van der Waals surface area contributed by atoms with Gasteiger partial charge in [-0.3, -0.25) is 4.90 Å². The van der Waals surface area contributed by atoms with Crippen molar-refractivity contribution in [2.75, 3.05) is 32.8 Å². The first-order valence-corrected chi connectivity index (χ1v) is 5.81. The highest BCUT2D eigenvalue weighted by molar-refractivity contribution is 5.01. The molecule has 2 rings (SSSR count). The number of nitrogens with zero attached hydrogens (tertiary/aromatic N) is 1. The van der Waals surface area contributed by atoms with E-state index >= 15 is 0 Å². The van der Waals surface area contributed by atoms with Crippen LogP contribution in [0.25, 0.3) is 0 Å². The molecule has 84 valence electrons. The van der Waals surface area contributed by atoms with Gasteiger partial charge in [-0.1, -0.05) is 13.8 Å². The fourth-order valence-corrected chi connectivity index (χ4v) is 1.97. The molecule has 14 heavy (non-hydrogen) atoms. The van der Waals surface area contributed by atoms with Gasteiger partial charge in [0.2, 0.25) is 0 Å². The smallest absolute Gasteiger partial charge is 0.106 e. The predicted octanol–water partition coefficient (Wildman–Crippen LogP) is 1.10. The van der Waals surface area contributed by atoms with Crippen molar-refractivity contribution < 1.29 is 4.74 Å². The Labute approximate surface area is 87.8 Å². The zero-order chi connectivity index (χ0) is 10.6. The van der Waals surface area contributed by atoms with Gasteiger partial charge in [0.25, 0.3) is 0 Å². The van der Waals surface area contributed by atoms with Crippen LogP contribution in [0.2, 0.25) is 0 Å². The molecule has 0 aromatic carbocycles. The fourth-order valence-electron chi connectivity index (χ4n) is 1.97. The van der Waals surface area contributed by atoms with Gasteiger partial charge in [-0.05, 0) is 13.8 Å². The largest absolute Gasteiger partial charge is 0.370 e. The van der Waals surface area contributed by atoms with E-state index in [4.69, 9.17) is 4.74 Å². The molecule has 2 heterocycles. The van der Waals surface area contributed by atoms with Gasteiger partial charge >= 0.3 is 0 Å². The summed E-state index contributed by atoms with van der Waals surface area (Å²) in [5.74, 6) is 0. The zero-order valence-electron chi connectivity index (χ0n) is 9.97. The number of morpholine rings is 1. The molecule has 1 spiro atoms. The summed E-state index contributed by atoms with van der Waals surface area (Å²) in [5.41, 5.74) is 0.169. The standard InChI is InChI=1S/C9H18N2O.C2H6/c1-8(2)11-6-9(7-11)5-10-3-4-12-9;1-2/h8,10H,3-7H2,1-2H3;1-2H3. The van der Waals surface area contributed by atoms with Crippen LogP contribution in [-0.2, 0) is 4.74 Å². The summed E-state index contributed by atoms with van der Waals surface area (Å²) in [5, 5.41) is 3.39. The molecule has 0 atom stereocenters. The summed E-state index contributed by atoms with van der Waals surface area (Å²) in [7, 11) is 0. The SMILES string of the molecule is CC.CC(C)N1CC2(CNCCO2)C1. The van der Waals surface area contributed by atoms with Crippen LogP contribution >= 0.6 is 0 Å². The van der Waals surface area contributed by atoms with Crippen LogP contribution < -0.4 is 5.32 Å². The Morgan fingerprint density at radius 3 is 2.36 bits per heavy atom. The molecule has 3 nitrogen and oxygen atoms in total. The van der Waals surface area contributed by atoms with E-state index in [9.17, 15) is 0 Å². The molecule has 3 heteroatoms.